The predicted octanol–water partition coefficient (Wildman–Crippen LogP) is 2.27. The number of hydrogen-bond acceptors (Lipinski definition) is 5. The number of ketones is 1. The summed E-state index contributed by atoms with van der Waals surface area (Å²) in [6, 6.07) is 5.29. The number of Topliss-reactive ketones (excluding diaryl/α,β-unsaturated/α-hetero) is 1. The maximum Gasteiger partial charge on any atom is 0.407 e. The lowest BCUT2D eigenvalue weighted by atomic mass is 10.0. The van der Waals surface area contributed by atoms with Crippen LogP contribution in [0.15, 0.2) is 29.4 Å². The fourth-order valence-electron chi connectivity index (χ4n) is 2.51. The molecule has 0 aliphatic rings. The molecule has 1 aromatic rings. The van der Waals surface area contributed by atoms with Crippen molar-refractivity contribution in [1.82, 2.24) is 5.32 Å². The topological polar surface area (TPSA) is 174 Å². The molecule has 3 N–H and O–H groups in total. The highest BCUT2D eigenvalue weighted by Gasteiger charge is 2.27. The van der Waals surface area contributed by atoms with Crippen LogP contribution in [-0.2, 0) is 9.53 Å². The number of unbranched alkanes of at least 4 members (excludes halogenated alkanes) is 1. The van der Waals surface area contributed by atoms with Gasteiger partial charge in [0.05, 0.1) is 5.56 Å². The first-order chi connectivity index (χ1) is 14.2. The molecule has 2 amide bonds. The van der Waals surface area contributed by atoms with Gasteiger partial charge in [-0.3, -0.25) is 10.1 Å². The number of benzene rings is 1. The molecule has 0 unspecified atom stereocenters. The van der Waals surface area contributed by atoms with E-state index in [1.807, 2.05) is 0 Å². The molecule has 30 heavy (non-hydrogen) atoms. The molecule has 0 fully saturated rings. The number of hydrogen-bond donors (Lipinski definition) is 2. The van der Waals surface area contributed by atoms with Crippen LogP contribution < -0.4 is 10.6 Å². The normalized spacial score (nSPS) is 11.4. The standard InChI is InChI=1S/C19H25N7O4/c1-19(2,3)30-18(29)22-10-5-4-9-15(16(27)12-23-20)24-17(28)13-7-6-8-14(11-13)25-26-21/h6-8,11-12,15H,4-5,9-10H2,1-3H3,(H,22,29)(H,24,28)/p+1/t15-/m0/s1. The van der Waals surface area contributed by atoms with Crippen molar-refractivity contribution in [3.8, 4) is 0 Å². The first-order valence-corrected chi connectivity index (χ1v) is 9.38. The summed E-state index contributed by atoms with van der Waals surface area (Å²) in [4.78, 5) is 41.7. The fraction of sp³-hybridized carbons (Fsp3) is 0.474. The number of primary amides is 1. The molecule has 1 rings (SSSR count). The van der Waals surface area contributed by atoms with Crippen LogP contribution in [-0.4, -0.2) is 47.0 Å². The first-order valence-electron chi connectivity index (χ1n) is 9.38. The summed E-state index contributed by atoms with van der Waals surface area (Å²) in [5.41, 5.74) is 17.1. The van der Waals surface area contributed by atoms with Crippen molar-refractivity contribution in [2.45, 2.75) is 51.7 Å². The van der Waals surface area contributed by atoms with Gasteiger partial charge < -0.3 is 15.6 Å². The van der Waals surface area contributed by atoms with E-state index in [0.717, 1.165) is 6.21 Å². The fourth-order valence-corrected chi connectivity index (χ4v) is 2.51. The number of nitrogens with two attached hydrogens (primary N) is 1. The number of nitrogens with zero attached hydrogens (tertiary/aromatic N) is 5. The molecular formula is C19H26N7O4+. The Hall–Kier alpha value is -3.52. The minimum Gasteiger partial charge on any atom is -0.444 e. The summed E-state index contributed by atoms with van der Waals surface area (Å²) < 4.78 is 5.13. The van der Waals surface area contributed by atoms with E-state index >= 15 is 0 Å². The second kappa shape index (κ2) is 12.1. The molecule has 0 aliphatic carbocycles. The molecular weight excluding hydrogens is 390 g/mol. The molecule has 0 aromatic heterocycles. The molecule has 0 heterocycles. The Morgan fingerprint density at radius 1 is 1.27 bits per heavy atom. The minimum absolute atomic E-state index is 0.269. The first kappa shape index (κ1) is 24.5. The maximum absolute atomic E-state index is 12.5. The third-order valence-electron chi connectivity index (χ3n) is 3.80. The third kappa shape index (κ3) is 9.61. The van der Waals surface area contributed by atoms with Crippen LogP contribution in [0, 0.1) is 0 Å². The zero-order valence-electron chi connectivity index (χ0n) is 17.2. The number of alkyl carbamates (subject to hydrolysis) is 1. The average molecular weight is 416 g/mol. The Balaban J connectivity index is 2.63. The quantitative estimate of drug-likeness (QED) is 0.196. The van der Waals surface area contributed by atoms with Gasteiger partial charge in [-0.1, -0.05) is 17.2 Å². The molecule has 1 atom stereocenters. The van der Waals surface area contributed by atoms with Gasteiger partial charge in [0.2, 0.25) is 0 Å². The number of azide groups is 1. The molecule has 160 valence electrons. The predicted molar refractivity (Wildman–Crippen MR) is 108 cm³/mol. The van der Waals surface area contributed by atoms with E-state index in [1.165, 1.54) is 11.4 Å². The van der Waals surface area contributed by atoms with E-state index < -0.39 is 29.4 Å². The second-order valence-electron chi connectivity index (χ2n) is 7.45. The lowest BCUT2D eigenvalue weighted by molar-refractivity contribution is -0.580. The molecule has 0 saturated carbocycles. The van der Waals surface area contributed by atoms with Gasteiger partial charge in [0.15, 0.2) is 6.04 Å². The summed E-state index contributed by atoms with van der Waals surface area (Å²) in [6.07, 6.45) is 1.65. The van der Waals surface area contributed by atoms with Crippen molar-refractivity contribution in [3.05, 3.63) is 45.8 Å². The highest BCUT2D eigenvalue weighted by molar-refractivity contribution is 6.27. The Morgan fingerprint density at radius 2 is 2.00 bits per heavy atom. The molecule has 0 aliphatic heterocycles. The van der Waals surface area contributed by atoms with Crippen LogP contribution in [0.2, 0.25) is 0 Å². The average Bonchev–Trinajstić information content (AvgIpc) is 2.66. The van der Waals surface area contributed by atoms with Gasteiger partial charge in [-0.05, 0) is 51.3 Å². The van der Waals surface area contributed by atoms with Gasteiger partial charge >= 0.3 is 18.2 Å². The van der Waals surface area contributed by atoms with Crippen LogP contribution in [0.25, 0.3) is 16.0 Å². The number of carbonyl (C=O) groups is 3. The van der Waals surface area contributed by atoms with Gasteiger partial charge in [-0.15, -0.1) is 0 Å². The zero-order valence-corrected chi connectivity index (χ0v) is 17.2. The van der Waals surface area contributed by atoms with Gasteiger partial charge in [0, 0.05) is 23.6 Å². The summed E-state index contributed by atoms with van der Waals surface area (Å²) in [7, 11) is 0. The molecule has 0 spiro atoms. The van der Waals surface area contributed by atoms with E-state index in [4.69, 9.17) is 15.8 Å². The lowest BCUT2D eigenvalue weighted by Gasteiger charge is -2.19. The summed E-state index contributed by atoms with van der Waals surface area (Å²) in [5.74, 6) is -0.932. The smallest absolute Gasteiger partial charge is 0.407 e. The Bertz CT molecular complexity index is 866. The van der Waals surface area contributed by atoms with E-state index in [9.17, 15) is 14.4 Å². The van der Waals surface area contributed by atoms with Crippen molar-refractivity contribution in [2.75, 3.05) is 6.54 Å². The van der Waals surface area contributed by atoms with Crippen LogP contribution in [0.1, 0.15) is 50.4 Å². The van der Waals surface area contributed by atoms with Crippen LogP contribution in [0.4, 0.5) is 10.5 Å². The van der Waals surface area contributed by atoms with Gasteiger partial charge in [-0.2, -0.15) is 4.79 Å². The molecule has 1 aromatic carbocycles. The monoisotopic (exact) mass is 416 g/mol. The molecule has 0 bridgehead atoms. The van der Waals surface area contributed by atoms with Crippen LogP contribution in [0.5, 0.6) is 0 Å². The van der Waals surface area contributed by atoms with E-state index in [0.29, 0.717) is 25.8 Å². The Labute approximate surface area is 174 Å². The summed E-state index contributed by atoms with van der Waals surface area (Å²) in [5, 5.41) is 7.32. The largest absolute Gasteiger partial charge is 0.444 e. The van der Waals surface area contributed by atoms with Crippen molar-refractivity contribution >= 4 is 29.7 Å². The highest BCUT2D eigenvalue weighted by atomic mass is 16.6. The molecule has 11 heteroatoms. The Morgan fingerprint density at radius 3 is 2.63 bits per heavy atom. The summed E-state index contributed by atoms with van der Waals surface area (Å²) >= 11 is 0. The zero-order chi connectivity index (χ0) is 22.6. The van der Waals surface area contributed by atoms with Crippen molar-refractivity contribution in [2.24, 2.45) is 5.11 Å². The number of amides is 2. The number of nitrogens with one attached hydrogen (secondary N) is 1. The van der Waals surface area contributed by atoms with E-state index in [-0.39, 0.29) is 11.3 Å². The number of rotatable bonds is 10. The SMILES string of the molecule is CC(C)(C)OC(=O)NCCCC[C@H]([NH2+]C(=O)c1cccc(N=[N+]=[N-])c1)C(=O)C=[N+]=[N-]. The van der Waals surface area contributed by atoms with Crippen molar-refractivity contribution < 1.29 is 29.2 Å². The number of quaternary nitrogens is 1. The van der Waals surface area contributed by atoms with Crippen molar-refractivity contribution in [3.63, 3.8) is 0 Å². The van der Waals surface area contributed by atoms with Crippen LogP contribution >= 0.6 is 0 Å². The number of ether oxygens (including phenoxy) is 1. The third-order valence-corrected chi connectivity index (χ3v) is 3.80. The van der Waals surface area contributed by atoms with E-state index in [1.54, 1.807) is 39.0 Å². The van der Waals surface area contributed by atoms with Gasteiger partial charge in [0.25, 0.3) is 5.78 Å². The molecule has 11 nitrogen and oxygen atoms in total. The van der Waals surface area contributed by atoms with Gasteiger partial charge in [0.1, 0.15) is 5.60 Å². The Kier molecular flexibility index (Phi) is 9.91. The molecule has 0 saturated heterocycles. The van der Waals surface area contributed by atoms with Gasteiger partial charge in [-0.25, -0.2) is 9.59 Å². The number of carbonyl (C=O) groups excluding carboxylic acids is 3. The maximum atomic E-state index is 12.5. The van der Waals surface area contributed by atoms with Crippen LogP contribution in [0.3, 0.4) is 0 Å². The highest BCUT2D eigenvalue weighted by Crippen LogP contribution is 2.13. The van der Waals surface area contributed by atoms with E-state index in [2.05, 4.69) is 20.1 Å². The second-order valence-corrected chi connectivity index (χ2v) is 7.45. The van der Waals surface area contributed by atoms with Crippen molar-refractivity contribution in [1.29, 1.82) is 0 Å². The molecule has 0 radical (unpaired) electrons. The minimum atomic E-state index is -0.793. The summed E-state index contributed by atoms with van der Waals surface area (Å²) in [6.45, 7) is 5.65. The lowest BCUT2D eigenvalue weighted by Crippen LogP contribution is -2.95.